The van der Waals surface area contributed by atoms with E-state index in [0.29, 0.717) is 12.8 Å². The van der Waals surface area contributed by atoms with Crippen molar-refractivity contribution in [3.05, 3.63) is 35.9 Å². The topological polar surface area (TPSA) is 101 Å². The summed E-state index contributed by atoms with van der Waals surface area (Å²) in [5.41, 5.74) is 5.77. The van der Waals surface area contributed by atoms with E-state index >= 15 is 0 Å². The van der Waals surface area contributed by atoms with Gasteiger partial charge in [0.05, 0.1) is 5.92 Å². The summed E-state index contributed by atoms with van der Waals surface area (Å²) >= 11 is 0. The van der Waals surface area contributed by atoms with Crippen molar-refractivity contribution >= 4 is 11.9 Å². The van der Waals surface area contributed by atoms with Crippen LogP contribution >= 0.6 is 0 Å². The van der Waals surface area contributed by atoms with Crippen molar-refractivity contribution in [2.24, 2.45) is 29.4 Å². The standard InChI is InChI=1S/C15H17NO4/c16-15(14(19)20)9(6-8-4-2-1-3-5-8)7-10-11(12(10)15)13(17)18/h1-5,9-12H,6-7,16H2,(H,17,18)(H,19,20). The number of carboxylic acids is 2. The van der Waals surface area contributed by atoms with Crippen molar-refractivity contribution < 1.29 is 19.8 Å². The summed E-state index contributed by atoms with van der Waals surface area (Å²) in [5.74, 6) is -3.28. The summed E-state index contributed by atoms with van der Waals surface area (Å²) in [5, 5.41) is 18.6. The molecule has 0 aromatic heterocycles. The van der Waals surface area contributed by atoms with Crippen molar-refractivity contribution in [1.82, 2.24) is 0 Å². The number of aliphatic carboxylic acids is 2. The zero-order valence-electron chi connectivity index (χ0n) is 10.9. The molecule has 4 N–H and O–H groups in total. The summed E-state index contributed by atoms with van der Waals surface area (Å²) in [7, 11) is 0. The third-order valence-corrected chi connectivity index (χ3v) is 4.93. The quantitative estimate of drug-likeness (QED) is 0.760. The molecule has 1 aromatic rings. The number of carbonyl (C=O) groups is 2. The van der Waals surface area contributed by atoms with Crippen LogP contribution in [0.5, 0.6) is 0 Å². The van der Waals surface area contributed by atoms with Crippen LogP contribution < -0.4 is 5.73 Å². The van der Waals surface area contributed by atoms with Gasteiger partial charge < -0.3 is 15.9 Å². The molecule has 2 aliphatic carbocycles. The Morgan fingerprint density at radius 2 is 1.90 bits per heavy atom. The lowest BCUT2D eigenvalue weighted by molar-refractivity contribution is -0.147. The first-order valence-corrected chi connectivity index (χ1v) is 6.75. The van der Waals surface area contributed by atoms with E-state index in [0.717, 1.165) is 5.56 Å². The molecule has 2 saturated carbocycles. The third-order valence-electron chi connectivity index (χ3n) is 4.93. The van der Waals surface area contributed by atoms with Crippen LogP contribution in [-0.4, -0.2) is 27.7 Å². The first-order chi connectivity index (χ1) is 9.46. The van der Waals surface area contributed by atoms with E-state index in [1.54, 1.807) is 0 Å². The molecule has 0 radical (unpaired) electrons. The fourth-order valence-electron chi connectivity index (χ4n) is 3.92. The lowest BCUT2D eigenvalue weighted by Crippen LogP contribution is -2.55. The van der Waals surface area contributed by atoms with E-state index in [1.807, 2.05) is 30.3 Å². The van der Waals surface area contributed by atoms with Gasteiger partial charge in [-0.25, -0.2) is 0 Å². The average Bonchev–Trinajstić information content (AvgIpc) is 3.06. The number of benzene rings is 1. The van der Waals surface area contributed by atoms with E-state index in [2.05, 4.69) is 0 Å². The van der Waals surface area contributed by atoms with Crippen molar-refractivity contribution in [1.29, 1.82) is 0 Å². The van der Waals surface area contributed by atoms with Crippen molar-refractivity contribution in [2.45, 2.75) is 18.4 Å². The van der Waals surface area contributed by atoms with Crippen molar-refractivity contribution in [2.75, 3.05) is 0 Å². The Morgan fingerprint density at radius 3 is 2.45 bits per heavy atom. The molecule has 0 spiro atoms. The van der Waals surface area contributed by atoms with E-state index in [4.69, 9.17) is 10.8 Å². The summed E-state index contributed by atoms with van der Waals surface area (Å²) in [6, 6.07) is 9.61. The molecule has 5 atom stereocenters. The van der Waals surface area contributed by atoms with E-state index in [1.165, 1.54) is 0 Å². The lowest BCUT2D eigenvalue weighted by atomic mass is 9.78. The third kappa shape index (κ3) is 1.73. The second kappa shape index (κ2) is 4.31. The van der Waals surface area contributed by atoms with Crippen LogP contribution in [0.1, 0.15) is 12.0 Å². The smallest absolute Gasteiger partial charge is 0.324 e. The molecule has 1 aromatic carbocycles. The predicted molar refractivity (Wildman–Crippen MR) is 70.9 cm³/mol. The maximum absolute atomic E-state index is 11.6. The minimum absolute atomic E-state index is 0.0812. The molecule has 0 bridgehead atoms. The Hall–Kier alpha value is -1.88. The lowest BCUT2D eigenvalue weighted by Gasteiger charge is -2.30. The van der Waals surface area contributed by atoms with Gasteiger partial charge in [-0.05, 0) is 30.2 Å². The Balaban J connectivity index is 1.84. The highest BCUT2D eigenvalue weighted by atomic mass is 16.4. The van der Waals surface area contributed by atoms with Gasteiger partial charge in [-0.1, -0.05) is 30.3 Å². The van der Waals surface area contributed by atoms with Gasteiger partial charge in [0.15, 0.2) is 0 Å². The Kier molecular flexibility index (Phi) is 2.83. The summed E-state index contributed by atoms with van der Waals surface area (Å²) < 4.78 is 0. The molecule has 2 fully saturated rings. The van der Waals surface area contributed by atoms with E-state index in [9.17, 15) is 14.7 Å². The van der Waals surface area contributed by atoms with Crippen LogP contribution in [0.4, 0.5) is 0 Å². The van der Waals surface area contributed by atoms with Crippen molar-refractivity contribution in [3.63, 3.8) is 0 Å². The monoisotopic (exact) mass is 275 g/mol. The molecule has 0 amide bonds. The van der Waals surface area contributed by atoms with Gasteiger partial charge in [-0.3, -0.25) is 9.59 Å². The molecule has 5 heteroatoms. The Morgan fingerprint density at radius 1 is 1.25 bits per heavy atom. The SMILES string of the molecule is NC1(C(=O)O)C(Cc2ccccc2)CC2C(C(=O)O)C21. The zero-order chi connectivity index (χ0) is 14.5. The predicted octanol–water partition coefficient (Wildman–Crippen LogP) is 0.978. The molecule has 0 saturated heterocycles. The fourth-order valence-corrected chi connectivity index (χ4v) is 3.92. The largest absolute Gasteiger partial charge is 0.481 e. The zero-order valence-corrected chi connectivity index (χ0v) is 10.9. The molecule has 20 heavy (non-hydrogen) atoms. The van der Waals surface area contributed by atoms with Crippen LogP contribution in [0.2, 0.25) is 0 Å². The minimum Gasteiger partial charge on any atom is -0.481 e. The summed E-state index contributed by atoms with van der Waals surface area (Å²) in [6.45, 7) is 0. The van der Waals surface area contributed by atoms with Crippen LogP contribution in [0.15, 0.2) is 30.3 Å². The van der Waals surface area contributed by atoms with Gasteiger partial charge in [0.2, 0.25) is 0 Å². The Bertz CT molecular complexity index is 558. The summed E-state index contributed by atoms with van der Waals surface area (Å²) in [6.07, 6.45) is 1.17. The molecular weight excluding hydrogens is 258 g/mol. The number of hydrogen-bond donors (Lipinski definition) is 3. The highest BCUT2D eigenvalue weighted by molar-refractivity contribution is 5.85. The van der Waals surface area contributed by atoms with Gasteiger partial charge in [-0.2, -0.15) is 0 Å². The van der Waals surface area contributed by atoms with E-state index in [-0.39, 0.29) is 11.8 Å². The fraction of sp³-hybridized carbons (Fsp3) is 0.467. The molecular formula is C15H17NO4. The second-order valence-corrected chi connectivity index (χ2v) is 5.91. The number of fused-ring (bicyclic) bond motifs is 1. The van der Waals surface area contributed by atoms with Crippen LogP contribution in [0.3, 0.4) is 0 Å². The molecule has 3 rings (SSSR count). The molecule has 5 nitrogen and oxygen atoms in total. The average molecular weight is 275 g/mol. The number of rotatable bonds is 4. The maximum Gasteiger partial charge on any atom is 0.324 e. The van der Waals surface area contributed by atoms with Gasteiger partial charge >= 0.3 is 11.9 Å². The number of carboxylic acid groups (broad SMARTS) is 2. The van der Waals surface area contributed by atoms with E-state index < -0.39 is 29.3 Å². The maximum atomic E-state index is 11.6. The number of nitrogens with two attached hydrogens (primary N) is 1. The highest BCUT2D eigenvalue weighted by Crippen LogP contribution is 2.64. The first-order valence-electron chi connectivity index (χ1n) is 6.75. The number of hydrogen-bond acceptors (Lipinski definition) is 3. The van der Waals surface area contributed by atoms with Crippen molar-refractivity contribution in [3.8, 4) is 0 Å². The first kappa shape index (κ1) is 13.1. The van der Waals surface area contributed by atoms with Gasteiger partial charge in [-0.15, -0.1) is 0 Å². The molecule has 0 aliphatic heterocycles. The Labute approximate surface area is 116 Å². The summed E-state index contributed by atoms with van der Waals surface area (Å²) in [4.78, 5) is 22.7. The normalized spacial score (nSPS) is 38.2. The molecule has 106 valence electrons. The van der Waals surface area contributed by atoms with Crippen LogP contribution in [0, 0.1) is 23.7 Å². The van der Waals surface area contributed by atoms with Gasteiger partial charge in [0, 0.05) is 5.92 Å². The molecule has 0 heterocycles. The van der Waals surface area contributed by atoms with Gasteiger partial charge in [0.1, 0.15) is 5.54 Å². The highest BCUT2D eigenvalue weighted by Gasteiger charge is 2.73. The minimum atomic E-state index is -1.41. The van der Waals surface area contributed by atoms with Crippen LogP contribution in [-0.2, 0) is 16.0 Å². The van der Waals surface area contributed by atoms with Crippen LogP contribution in [0.25, 0.3) is 0 Å². The van der Waals surface area contributed by atoms with Gasteiger partial charge in [0.25, 0.3) is 0 Å². The molecule has 5 unspecified atom stereocenters. The molecule has 2 aliphatic rings. The second-order valence-electron chi connectivity index (χ2n) is 5.91.